The molecule has 4 nitrogen and oxygen atoms in total. The predicted octanol–water partition coefficient (Wildman–Crippen LogP) is 1.21. The maximum atomic E-state index is 11.6. The van der Waals surface area contributed by atoms with Crippen LogP contribution in [0.2, 0.25) is 0 Å². The van der Waals surface area contributed by atoms with E-state index in [-0.39, 0.29) is 17.9 Å². The molecule has 0 saturated heterocycles. The van der Waals surface area contributed by atoms with Gasteiger partial charge in [-0.2, -0.15) is 0 Å². The van der Waals surface area contributed by atoms with Crippen LogP contribution in [0, 0.1) is 5.92 Å². The van der Waals surface area contributed by atoms with Crippen LogP contribution in [-0.4, -0.2) is 43.0 Å². The number of rotatable bonds is 9. The zero-order chi connectivity index (χ0) is 13.3. The summed E-state index contributed by atoms with van der Waals surface area (Å²) < 4.78 is 0. The van der Waals surface area contributed by atoms with E-state index in [4.69, 9.17) is 5.73 Å². The molecule has 0 saturated carbocycles. The van der Waals surface area contributed by atoms with Gasteiger partial charge < -0.3 is 16.0 Å². The third-order valence-corrected chi connectivity index (χ3v) is 3.30. The highest BCUT2D eigenvalue weighted by atomic mass is 16.1. The van der Waals surface area contributed by atoms with Gasteiger partial charge in [-0.15, -0.1) is 0 Å². The third kappa shape index (κ3) is 7.34. The molecule has 4 heteroatoms. The molecule has 0 aliphatic rings. The van der Waals surface area contributed by atoms with Gasteiger partial charge in [0.25, 0.3) is 0 Å². The fraction of sp³-hybridized carbons (Fsp3) is 0.923. The molecule has 17 heavy (non-hydrogen) atoms. The molecule has 0 aromatic rings. The number of hydrogen-bond acceptors (Lipinski definition) is 3. The first kappa shape index (κ1) is 16.4. The van der Waals surface area contributed by atoms with Crippen molar-refractivity contribution in [2.45, 2.75) is 46.6 Å². The zero-order valence-electron chi connectivity index (χ0n) is 11.8. The summed E-state index contributed by atoms with van der Waals surface area (Å²) in [6.45, 7) is 12.2. The van der Waals surface area contributed by atoms with Gasteiger partial charge in [0, 0.05) is 18.5 Å². The molecule has 3 N–H and O–H groups in total. The van der Waals surface area contributed by atoms with Gasteiger partial charge in [-0.05, 0) is 39.4 Å². The average Bonchev–Trinajstić information content (AvgIpc) is 2.32. The number of amides is 1. The molecule has 0 aliphatic heterocycles. The summed E-state index contributed by atoms with van der Waals surface area (Å²) in [7, 11) is 0. The van der Waals surface area contributed by atoms with Crippen molar-refractivity contribution in [2.24, 2.45) is 11.7 Å². The number of nitrogens with one attached hydrogen (secondary N) is 1. The number of nitrogens with two attached hydrogens (primary N) is 1. The lowest BCUT2D eigenvalue weighted by molar-refractivity contribution is -0.124. The Morgan fingerprint density at radius 2 is 1.82 bits per heavy atom. The minimum absolute atomic E-state index is 0.0721. The number of carbonyl (C=O) groups is 1. The quantitative estimate of drug-likeness (QED) is 0.598. The summed E-state index contributed by atoms with van der Waals surface area (Å²) in [5, 5.41) is 2.94. The van der Waals surface area contributed by atoms with Gasteiger partial charge in [0.15, 0.2) is 0 Å². The van der Waals surface area contributed by atoms with Gasteiger partial charge in [0.1, 0.15) is 0 Å². The van der Waals surface area contributed by atoms with Crippen molar-refractivity contribution in [3.63, 3.8) is 0 Å². The lowest BCUT2D eigenvalue weighted by Gasteiger charge is -2.18. The van der Waals surface area contributed by atoms with E-state index in [0.717, 1.165) is 39.0 Å². The summed E-state index contributed by atoms with van der Waals surface area (Å²) >= 11 is 0. The molecular formula is C13H29N3O. The standard InChI is InChI=1S/C13H29N3O/c1-5-16(6-2)10-8-7-9-15-13(17)11(3)12(4)14/h11-12H,5-10,14H2,1-4H3,(H,15,17). The molecule has 1 amide bonds. The molecule has 0 fully saturated rings. The van der Waals surface area contributed by atoms with Gasteiger partial charge in [-0.1, -0.05) is 20.8 Å². The van der Waals surface area contributed by atoms with Crippen LogP contribution in [0.3, 0.4) is 0 Å². The number of carbonyl (C=O) groups excluding carboxylic acids is 1. The second kappa shape index (κ2) is 9.42. The van der Waals surface area contributed by atoms with Crippen LogP contribution < -0.4 is 11.1 Å². The van der Waals surface area contributed by atoms with Gasteiger partial charge in [0.05, 0.1) is 0 Å². The van der Waals surface area contributed by atoms with Crippen LogP contribution in [0.25, 0.3) is 0 Å². The lowest BCUT2D eigenvalue weighted by Crippen LogP contribution is -2.39. The van der Waals surface area contributed by atoms with Crippen LogP contribution in [0.5, 0.6) is 0 Å². The van der Waals surface area contributed by atoms with Crippen molar-refractivity contribution in [1.82, 2.24) is 10.2 Å². The van der Waals surface area contributed by atoms with E-state index in [0.29, 0.717) is 0 Å². The Labute approximate surface area is 106 Å². The van der Waals surface area contributed by atoms with Crippen LogP contribution in [0.1, 0.15) is 40.5 Å². The Morgan fingerprint density at radius 1 is 1.24 bits per heavy atom. The average molecular weight is 243 g/mol. The lowest BCUT2D eigenvalue weighted by atomic mass is 10.0. The Morgan fingerprint density at radius 3 is 2.29 bits per heavy atom. The summed E-state index contributed by atoms with van der Waals surface area (Å²) in [5.74, 6) is -0.0272. The van der Waals surface area contributed by atoms with Crippen LogP contribution in [0.4, 0.5) is 0 Å². The van der Waals surface area contributed by atoms with Gasteiger partial charge >= 0.3 is 0 Å². The smallest absolute Gasteiger partial charge is 0.224 e. The molecule has 0 aromatic heterocycles. The SMILES string of the molecule is CCN(CC)CCCCNC(=O)C(C)C(C)N. The number of hydrogen-bond donors (Lipinski definition) is 2. The summed E-state index contributed by atoms with van der Waals surface area (Å²) in [5.41, 5.74) is 5.68. The number of unbranched alkanes of at least 4 members (excludes halogenated alkanes) is 1. The molecule has 0 rings (SSSR count). The highest BCUT2D eigenvalue weighted by molar-refractivity contribution is 5.78. The van der Waals surface area contributed by atoms with Gasteiger partial charge in [0.2, 0.25) is 5.91 Å². The van der Waals surface area contributed by atoms with Crippen molar-refractivity contribution >= 4 is 5.91 Å². The fourth-order valence-corrected chi connectivity index (χ4v) is 1.61. The van der Waals surface area contributed by atoms with Crippen molar-refractivity contribution in [3.05, 3.63) is 0 Å². The van der Waals surface area contributed by atoms with E-state index in [1.807, 2.05) is 13.8 Å². The molecule has 0 aliphatic carbocycles. The van der Waals surface area contributed by atoms with E-state index >= 15 is 0 Å². The highest BCUT2D eigenvalue weighted by Crippen LogP contribution is 2.00. The minimum Gasteiger partial charge on any atom is -0.356 e. The first-order valence-corrected chi connectivity index (χ1v) is 6.78. The molecule has 102 valence electrons. The summed E-state index contributed by atoms with van der Waals surface area (Å²) in [4.78, 5) is 14.0. The maximum absolute atomic E-state index is 11.6. The van der Waals surface area contributed by atoms with Crippen LogP contribution in [0.15, 0.2) is 0 Å². The second-order valence-electron chi connectivity index (χ2n) is 4.67. The van der Waals surface area contributed by atoms with Gasteiger partial charge in [-0.25, -0.2) is 0 Å². The highest BCUT2D eigenvalue weighted by Gasteiger charge is 2.15. The van der Waals surface area contributed by atoms with Crippen molar-refractivity contribution in [1.29, 1.82) is 0 Å². The monoisotopic (exact) mass is 243 g/mol. The maximum Gasteiger partial charge on any atom is 0.224 e. The van der Waals surface area contributed by atoms with Crippen LogP contribution in [-0.2, 0) is 4.79 Å². The fourth-order valence-electron chi connectivity index (χ4n) is 1.61. The first-order chi connectivity index (χ1) is 8.02. The third-order valence-electron chi connectivity index (χ3n) is 3.30. The predicted molar refractivity (Wildman–Crippen MR) is 72.8 cm³/mol. The molecule has 2 unspecified atom stereocenters. The molecule has 0 radical (unpaired) electrons. The van der Waals surface area contributed by atoms with E-state index in [1.54, 1.807) is 0 Å². The number of nitrogens with zero attached hydrogens (tertiary/aromatic N) is 1. The Bertz CT molecular complexity index is 203. The minimum atomic E-state index is -0.0993. The van der Waals surface area contributed by atoms with E-state index in [9.17, 15) is 4.79 Å². The first-order valence-electron chi connectivity index (χ1n) is 6.78. The molecule has 0 aromatic carbocycles. The van der Waals surface area contributed by atoms with Crippen LogP contribution >= 0.6 is 0 Å². The Hall–Kier alpha value is -0.610. The second-order valence-corrected chi connectivity index (χ2v) is 4.67. The van der Waals surface area contributed by atoms with Crippen molar-refractivity contribution in [2.75, 3.05) is 26.2 Å². The Kier molecular flexibility index (Phi) is 9.09. The van der Waals surface area contributed by atoms with Crippen molar-refractivity contribution < 1.29 is 4.79 Å². The normalized spacial score (nSPS) is 14.7. The van der Waals surface area contributed by atoms with Crippen molar-refractivity contribution in [3.8, 4) is 0 Å². The molecule has 2 atom stereocenters. The van der Waals surface area contributed by atoms with E-state index in [2.05, 4.69) is 24.1 Å². The summed E-state index contributed by atoms with van der Waals surface area (Å²) in [6, 6.07) is -0.0781. The summed E-state index contributed by atoms with van der Waals surface area (Å²) in [6.07, 6.45) is 2.17. The van der Waals surface area contributed by atoms with E-state index in [1.165, 1.54) is 0 Å². The zero-order valence-corrected chi connectivity index (χ0v) is 11.8. The largest absolute Gasteiger partial charge is 0.356 e. The topological polar surface area (TPSA) is 58.4 Å². The van der Waals surface area contributed by atoms with E-state index < -0.39 is 0 Å². The molecular weight excluding hydrogens is 214 g/mol. The molecule has 0 spiro atoms. The molecule has 0 bridgehead atoms. The Balaban J connectivity index is 3.55. The molecule has 0 heterocycles. The van der Waals surface area contributed by atoms with Gasteiger partial charge in [-0.3, -0.25) is 4.79 Å².